The van der Waals surface area contributed by atoms with E-state index in [4.69, 9.17) is 4.98 Å². The van der Waals surface area contributed by atoms with Crippen molar-refractivity contribution in [3.8, 4) is 22.4 Å². The lowest BCUT2D eigenvalue weighted by molar-refractivity contribution is 0.268. The summed E-state index contributed by atoms with van der Waals surface area (Å²) in [4.78, 5) is 25.7. The minimum atomic E-state index is -0.800. The van der Waals surface area contributed by atoms with Crippen molar-refractivity contribution in [2.75, 3.05) is 18.0 Å². The van der Waals surface area contributed by atoms with Gasteiger partial charge in [-0.25, -0.2) is 4.98 Å². The average molecular weight is 500 g/mol. The van der Waals surface area contributed by atoms with Gasteiger partial charge in [0, 0.05) is 41.8 Å². The van der Waals surface area contributed by atoms with Crippen molar-refractivity contribution in [3.05, 3.63) is 69.9 Å². The molecule has 6 rings (SSSR count). The van der Waals surface area contributed by atoms with E-state index in [0.29, 0.717) is 18.1 Å². The Morgan fingerprint density at radius 3 is 2.62 bits per heavy atom. The Morgan fingerprint density at radius 1 is 1.11 bits per heavy atom. The molecule has 0 spiro atoms. The van der Waals surface area contributed by atoms with Crippen LogP contribution in [0.5, 0.6) is 0 Å². The van der Waals surface area contributed by atoms with Gasteiger partial charge in [-0.1, -0.05) is 31.2 Å². The second-order valence-corrected chi connectivity index (χ2v) is 11.3. The van der Waals surface area contributed by atoms with E-state index in [1.165, 1.54) is 15.7 Å². The van der Waals surface area contributed by atoms with Crippen molar-refractivity contribution >= 4 is 16.9 Å². The molecule has 6 nitrogen and oxygen atoms in total. The molecule has 0 radical (unpaired) electrons. The highest BCUT2D eigenvalue weighted by atomic mass is 19.1. The normalized spacial score (nSPS) is 17.0. The summed E-state index contributed by atoms with van der Waals surface area (Å²) in [7, 11) is 0. The van der Waals surface area contributed by atoms with Crippen molar-refractivity contribution in [1.29, 1.82) is 0 Å². The van der Waals surface area contributed by atoms with Crippen molar-refractivity contribution in [1.82, 2.24) is 19.4 Å². The first-order chi connectivity index (χ1) is 17.7. The molecule has 7 heteroatoms. The number of hydrogen-bond donors (Lipinski definition) is 1. The molecular weight excluding hydrogens is 465 g/mol. The first-order valence-electron chi connectivity index (χ1n) is 13.2. The third-order valence-corrected chi connectivity index (χ3v) is 8.04. The molecule has 2 aliphatic rings. The van der Waals surface area contributed by atoms with Crippen molar-refractivity contribution in [2.24, 2.45) is 0 Å². The molecule has 1 N–H and O–H groups in total. The first-order valence-corrected chi connectivity index (χ1v) is 13.2. The number of fused-ring (bicyclic) bond motifs is 3. The topological polar surface area (TPSA) is 57.2 Å². The SMILES string of the molecule is CCN1CCc2cc(-c3ccc4[nH]cc(-c5nc6n(c(=O)c5F)CC(C)(C)N6C(C)C)c4c3)ccc2C1. The molecule has 0 saturated carbocycles. The molecule has 4 aromatic rings. The van der Waals surface area contributed by atoms with Gasteiger partial charge in [0.15, 0.2) is 0 Å². The molecule has 0 aliphatic carbocycles. The van der Waals surface area contributed by atoms with E-state index in [-0.39, 0.29) is 17.3 Å². The molecule has 37 heavy (non-hydrogen) atoms. The fraction of sp³-hybridized carbons (Fsp3) is 0.400. The summed E-state index contributed by atoms with van der Waals surface area (Å²) >= 11 is 0. The Morgan fingerprint density at radius 2 is 1.86 bits per heavy atom. The van der Waals surface area contributed by atoms with Crippen molar-refractivity contribution in [2.45, 2.75) is 65.7 Å². The number of nitrogens with zero attached hydrogens (tertiary/aromatic N) is 4. The van der Waals surface area contributed by atoms with E-state index < -0.39 is 11.4 Å². The van der Waals surface area contributed by atoms with E-state index in [9.17, 15) is 4.79 Å². The Labute approximate surface area is 216 Å². The van der Waals surface area contributed by atoms with E-state index in [2.05, 4.69) is 79.7 Å². The van der Waals surface area contributed by atoms with Crippen LogP contribution >= 0.6 is 0 Å². The number of hydrogen-bond acceptors (Lipinski definition) is 4. The molecule has 0 unspecified atom stereocenters. The zero-order valence-corrected chi connectivity index (χ0v) is 22.2. The Bertz CT molecular complexity index is 1580. The van der Waals surface area contributed by atoms with Gasteiger partial charge in [0.25, 0.3) is 5.56 Å². The monoisotopic (exact) mass is 499 g/mol. The lowest BCUT2D eigenvalue weighted by Crippen LogP contribution is -2.45. The van der Waals surface area contributed by atoms with Crippen LogP contribution in [-0.2, 0) is 19.5 Å². The van der Waals surface area contributed by atoms with Crippen molar-refractivity contribution in [3.63, 3.8) is 0 Å². The summed E-state index contributed by atoms with van der Waals surface area (Å²) in [6.07, 6.45) is 2.81. The highest BCUT2D eigenvalue weighted by Gasteiger charge is 2.41. The lowest BCUT2D eigenvalue weighted by atomic mass is 9.94. The van der Waals surface area contributed by atoms with Crippen LogP contribution in [0, 0.1) is 5.82 Å². The van der Waals surface area contributed by atoms with Gasteiger partial charge in [-0.2, -0.15) is 4.39 Å². The quantitative estimate of drug-likeness (QED) is 0.398. The third kappa shape index (κ3) is 3.79. The summed E-state index contributed by atoms with van der Waals surface area (Å²) in [5.41, 5.74) is 5.66. The van der Waals surface area contributed by atoms with Crippen LogP contribution in [0.25, 0.3) is 33.3 Å². The summed E-state index contributed by atoms with van der Waals surface area (Å²) in [6.45, 7) is 14.0. The summed E-state index contributed by atoms with van der Waals surface area (Å²) in [5.74, 6) is -0.270. The summed E-state index contributed by atoms with van der Waals surface area (Å²) < 4.78 is 17.0. The standard InChI is InChI=1S/C30H34FN5O/c1-6-34-12-11-21-13-19(7-8-22(21)16-34)20-9-10-25-23(14-20)24(15-32-25)27-26(31)28(37)35-17-30(4,5)36(18(2)3)29(35)33-27/h7-10,13-15,18,32H,6,11-12,16-17H2,1-5H3. The number of aromatic nitrogens is 3. The van der Waals surface area contributed by atoms with Crippen LogP contribution < -0.4 is 10.5 Å². The number of H-pyrrole nitrogens is 1. The number of likely N-dealkylation sites (N-methyl/N-ethyl adjacent to an activating group) is 1. The number of anilines is 1. The van der Waals surface area contributed by atoms with Gasteiger partial charge in [0.05, 0.1) is 12.1 Å². The van der Waals surface area contributed by atoms with Crippen LogP contribution in [0.4, 0.5) is 10.3 Å². The fourth-order valence-corrected chi connectivity index (χ4v) is 6.25. The zero-order chi connectivity index (χ0) is 26.1. The first kappa shape index (κ1) is 23.9. The van der Waals surface area contributed by atoms with Gasteiger partial charge in [-0.15, -0.1) is 0 Å². The van der Waals surface area contributed by atoms with Gasteiger partial charge in [0.1, 0.15) is 5.69 Å². The summed E-state index contributed by atoms with van der Waals surface area (Å²) in [5, 5.41) is 0.858. The summed E-state index contributed by atoms with van der Waals surface area (Å²) in [6, 6.07) is 13.0. The predicted octanol–water partition coefficient (Wildman–Crippen LogP) is 5.58. The van der Waals surface area contributed by atoms with Gasteiger partial charge in [-0.3, -0.25) is 14.3 Å². The second kappa shape index (κ2) is 8.55. The maximum absolute atomic E-state index is 15.6. The van der Waals surface area contributed by atoms with Crippen LogP contribution in [0.1, 0.15) is 45.7 Å². The molecule has 0 saturated heterocycles. The second-order valence-electron chi connectivity index (χ2n) is 11.3. The predicted molar refractivity (Wildman–Crippen MR) is 148 cm³/mol. The number of benzene rings is 2. The Balaban J connectivity index is 1.46. The van der Waals surface area contributed by atoms with E-state index in [0.717, 1.165) is 48.1 Å². The minimum Gasteiger partial charge on any atom is -0.360 e. The molecule has 0 bridgehead atoms. The molecule has 2 aromatic carbocycles. The highest BCUT2D eigenvalue weighted by Crippen LogP contribution is 2.37. The van der Waals surface area contributed by atoms with Crippen LogP contribution in [0.2, 0.25) is 0 Å². The fourth-order valence-electron chi connectivity index (χ4n) is 6.25. The number of halogens is 1. The van der Waals surface area contributed by atoms with Crippen molar-refractivity contribution < 1.29 is 4.39 Å². The zero-order valence-electron chi connectivity index (χ0n) is 22.2. The van der Waals surface area contributed by atoms with Gasteiger partial charge in [0.2, 0.25) is 11.8 Å². The molecule has 0 atom stereocenters. The molecule has 192 valence electrons. The third-order valence-electron chi connectivity index (χ3n) is 8.04. The molecule has 2 aliphatic heterocycles. The maximum atomic E-state index is 15.6. The van der Waals surface area contributed by atoms with Gasteiger partial charge >= 0.3 is 0 Å². The minimum absolute atomic E-state index is 0.105. The van der Waals surface area contributed by atoms with E-state index in [1.807, 2.05) is 6.07 Å². The van der Waals surface area contributed by atoms with Gasteiger partial charge in [-0.05, 0) is 75.0 Å². The smallest absolute Gasteiger partial charge is 0.291 e. The molecule has 0 fully saturated rings. The van der Waals surface area contributed by atoms with E-state index in [1.54, 1.807) is 6.20 Å². The van der Waals surface area contributed by atoms with Crippen LogP contribution in [-0.4, -0.2) is 44.1 Å². The average Bonchev–Trinajstić information content (AvgIpc) is 3.42. The number of rotatable bonds is 4. The number of aromatic amines is 1. The van der Waals surface area contributed by atoms with Crippen LogP contribution in [0.3, 0.4) is 0 Å². The Hall–Kier alpha value is -3.45. The Kier molecular flexibility index (Phi) is 5.53. The number of nitrogens with one attached hydrogen (secondary N) is 1. The largest absolute Gasteiger partial charge is 0.360 e. The van der Waals surface area contributed by atoms with E-state index >= 15 is 4.39 Å². The molecule has 4 heterocycles. The molecule has 0 amide bonds. The van der Waals surface area contributed by atoms with Crippen LogP contribution in [0.15, 0.2) is 47.4 Å². The maximum Gasteiger partial charge on any atom is 0.291 e. The highest BCUT2D eigenvalue weighted by molar-refractivity contribution is 5.97. The lowest BCUT2D eigenvalue weighted by Gasteiger charge is -2.35. The molecule has 2 aromatic heterocycles. The van der Waals surface area contributed by atoms with Gasteiger partial charge < -0.3 is 9.88 Å². The molecular formula is C30H34FN5O.